The highest BCUT2D eigenvalue weighted by molar-refractivity contribution is 6.08. The summed E-state index contributed by atoms with van der Waals surface area (Å²) >= 11 is 0. The van der Waals surface area contributed by atoms with E-state index in [0.717, 1.165) is 48.1 Å². The number of likely N-dealkylation sites (tertiary alicyclic amines) is 1. The minimum absolute atomic E-state index is 0.181. The fourth-order valence-corrected chi connectivity index (χ4v) is 2.80. The number of fused-ring (bicyclic) bond motifs is 1. The van der Waals surface area contributed by atoms with Crippen LogP contribution >= 0.6 is 0 Å². The molecule has 0 spiro atoms. The van der Waals surface area contributed by atoms with Crippen LogP contribution < -0.4 is 0 Å². The summed E-state index contributed by atoms with van der Waals surface area (Å²) < 4.78 is 0. The zero-order valence-corrected chi connectivity index (χ0v) is 10.9. The Kier molecular flexibility index (Phi) is 2.62. The molecule has 2 aromatic rings. The highest BCUT2D eigenvalue weighted by atomic mass is 16.2. The molecule has 1 fully saturated rings. The molecular weight excluding hydrogens is 224 g/mol. The van der Waals surface area contributed by atoms with Gasteiger partial charge in [0.05, 0.1) is 5.56 Å². The molecule has 0 unspecified atom stereocenters. The van der Waals surface area contributed by atoms with Crippen LogP contribution in [0, 0.1) is 13.8 Å². The summed E-state index contributed by atoms with van der Waals surface area (Å²) in [5.41, 5.74) is 4.11. The van der Waals surface area contributed by atoms with Crippen LogP contribution in [0.2, 0.25) is 0 Å². The summed E-state index contributed by atoms with van der Waals surface area (Å²) in [6, 6.07) is 6.22. The number of hydrogen-bond acceptors (Lipinski definition) is 1. The molecule has 18 heavy (non-hydrogen) atoms. The van der Waals surface area contributed by atoms with Crippen molar-refractivity contribution in [1.29, 1.82) is 0 Å². The second-order valence-electron chi connectivity index (χ2n) is 5.17. The summed E-state index contributed by atoms with van der Waals surface area (Å²) in [6.45, 7) is 5.85. The third kappa shape index (κ3) is 1.70. The number of benzene rings is 1. The van der Waals surface area contributed by atoms with E-state index in [2.05, 4.69) is 30.1 Å². The molecule has 1 amide bonds. The summed E-state index contributed by atoms with van der Waals surface area (Å²) in [5.74, 6) is 0.181. The quantitative estimate of drug-likeness (QED) is 0.819. The number of rotatable bonds is 1. The number of H-pyrrole nitrogens is 1. The Hall–Kier alpha value is -1.77. The lowest BCUT2D eigenvalue weighted by molar-refractivity contribution is 0.0794. The molecule has 3 heteroatoms. The van der Waals surface area contributed by atoms with Crippen molar-refractivity contribution in [3.05, 3.63) is 35.0 Å². The first-order valence-electron chi connectivity index (χ1n) is 6.55. The van der Waals surface area contributed by atoms with Crippen LogP contribution in [0.4, 0.5) is 0 Å². The molecule has 0 radical (unpaired) electrons. The molecule has 3 nitrogen and oxygen atoms in total. The van der Waals surface area contributed by atoms with Crippen molar-refractivity contribution in [2.24, 2.45) is 0 Å². The standard InChI is InChI=1S/C15H18N2O/c1-10-5-6-12-13(9-10)16-11(2)14(12)15(18)17-7-3-4-8-17/h5-6,9,16H,3-4,7-8H2,1-2H3. The maximum atomic E-state index is 12.5. The molecule has 0 bridgehead atoms. The van der Waals surface area contributed by atoms with Gasteiger partial charge >= 0.3 is 0 Å². The van der Waals surface area contributed by atoms with Crippen LogP contribution in [0.3, 0.4) is 0 Å². The van der Waals surface area contributed by atoms with Crippen LogP contribution in [-0.2, 0) is 0 Å². The van der Waals surface area contributed by atoms with Crippen molar-refractivity contribution >= 4 is 16.8 Å². The zero-order chi connectivity index (χ0) is 12.7. The molecule has 94 valence electrons. The van der Waals surface area contributed by atoms with Gasteiger partial charge in [0, 0.05) is 29.7 Å². The van der Waals surface area contributed by atoms with Gasteiger partial charge in [0.1, 0.15) is 0 Å². The number of carbonyl (C=O) groups is 1. The number of carbonyl (C=O) groups excluding carboxylic acids is 1. The normalized spacial score (nSPS) is 15.6. The van der Waals surface area contributed by atoms with Crippen LogP contribution in [0.5, 0.6) is 0 Å². The van der Waals surface area contributed by atoms with E-state index in [-0.39, 0.29) is 5.91 Å². The Balaban J connectivity index is 2.10. The van der Waals surface area contributed by atoms with Gasteiger partial charge in [0.15, 0.2) is 0 Å². The second kappa shape index (κ2) is 4.16. The van der Waals surface area contributed by atoms with Crippen molar-refractivity contribution in [2.75, 3.05) is 13.1 Å². The van der Waals surface area contributed by atoms with E-state index in [0.29, 0.717) is 0 Å². The number of amides is 1. The molecular formula is C15H18N2O. The first kappa shape index (κ1) is 11.3. The van der Waals surface area contributed by atoms with Crippen molar-refractivity contribution in [1.82, 2.24) is 9.88 Å². The van der Waals surface area contributed by atoms with Gasteiger partial charge in [-0.2, -0.15) is 0 Å². The van der Waals surface area contributed by atoms with Crippen LogP contribution in [0.25, 0.3) is 10.9 Å². The average Bonchev–Trinajstić information content (AvgIpc) is 2.94. The Morgan fingerprint density at radius 1 is 1.22 bits per heavy atom. The molecule has 1 aromatic heterocycles. The highest BCUT2D eigenvalue weighted by Crippen LogP contribution is 2.25. The minimum Gasteiger partial charge on any atom is -0.358 e. The molecule has 2 heterocycles. The smallest absolute Gasteiger partial charge is 0.256 e. The number of nitrogens with one attached hydrogen (secondary N) is 1. The monoisotopic (exact) mass is 242 g/mol. The van der Waals surface area contributed by atoms with E-state index in [9.17, 15) is 4.79 Å². The van der Waals surface area contributed by atoms with Gasteiger partial charge in [-0.15, -0.1) is 0 Å². The van der Waals surface area contributed by atoms with Crippen molar-refractivity contribution in [2.45, 2.75) is 26.7 Å². The topological polar surface area (TPSA) is 36.1 Å². The van der Waals surface area contributed by atoms with Crippen LogP contribution in [0.15, 0.2) is 18.2 Å². The van der Waals surface area contributed by atoms with Gasteiger partial charge in [-0.3, -0.25) is 4.79 Å². The van der Waals surface area contributed by atoms with Gasteiger partial charge in [-0.1, -0.05) is 12.1 Å². The fourth-order valence-electron chi connectivity index (χ4n) is 2.80. The van der Waals surface area contributed by atoms with E-state index in [1.165, 1.54) is 5.56 Å². The van der Waals surface area contributed by atoms with Crippen molar-refractivity contribution in [3.63, 3.8) is 0 Å². The minimum atomic E-state index is 0.181. The molecule has 1 aliphatic rings. The lowest BCUT2D eigenvalue weighted by Gasteiger charge is -2.15. The van der Waals surface area contributed by atoms with E-state index in [4.69, 9.17) is 0 Å². The SMILES string of the molecule is Cc1ccc2c(C(=O)N3CCCC3)c(C)[nH]c2c1. The molecule has 1 saturated heterocycles. The number of nitrogens with zero attached hydrogens (tertiary/aromatic N) is 1. The summed E-state index contributed by atoms with van der Waals surface area (Å²) in [7, 11) is 0. The van der Waals surface area contributed by atoms with E-state index < -0.39 is 0 Å². The number of aryl methyl sites for hydroxylation is 2. The Bertz CT molecular complexity index is 606. The number of aromatic amines is 1. The molecule has 1 N–H and O–H groups in total. The number of hydrogen-bond donors (Lipinski definition) is 1. The van der Waals surface area contributed by atoms with Gasteiger partial charge in [0.2, 0.25) is 0 Å². The molecule has 0 atom stereocenters. The summed E-state index contributed by atoms with van der Waals surface area (Å²) in [6.07, 6.45) is 2.26. The summed E-state index contributed by atoms with van der Waals surface area (Å²) in [5, 5.41) is 1.05. The zero-order valence-electron chi connectivity index (χ0n) is 10.9. The highest BCUT2D eigenvalue weighted by Gasteiger charge is 2.23. The van der Waals surface area contributed by atoms with E-state index >= 15 is 0 Å². The maximum Gasteiger partial charge on any atom is 0.256 e. The molecule has 3 rings (SSSR count). The molecule has 0 saturated carbocycles. The fraction of sp³-hybridized carbons (Fsp3) is 0.400. The van der Waals surface area contributed by atoms with Gasteiger partial charge in [-0.25, -0.2) is 0 Å². The Morgan fingerprint density at radius 3 is 2.67 bits per heavy atom. The molecule has 1 aliphatic heterocycles. The van der Waals surface area contributed by atoms with Crippen molar-refractivity contribution in [3.8, 4) is 0 Å². The number of aromatic nitrogens is 1. The van der Waals surface area contributed by atoms with Crippen LogP contribution in [0.1, 0.15) is 34.5 Å². The Labute approximate surface area is 107 Å². The third-order valence-corrected chi connectivity index (χ3v) is 3.75. The maximum absolute atomic E-state index is 12.5. The first-order valence-corrected chi connectivity index (χ1v) is 6.55. The average molecular weight is 242 g/mol. The predicted octanol–water partition coefficient (Wildman–Crippen LogP) is 3.02. The van der Waals surface area contributed by atoms with Crippen LogP contribution in [-0.4, -0.2) is 28.9 Å². The predicted molar refractivity (Wildman–Crippen MR) is 72.9 cm³/mol. The van der Waals surface area contributed by atoms with E-state index in [1.54, 1.807) is 0 Å². The third-order valence-electron chi connectivity index (χ3n) is 3.75. The lowest BCUT2D eigenvalue weighted by Crippen LogP contribution is -2.27. The van der Waals surface area contributed by atoms with Gasteiger partial charge in [-0.05, 0) is 38.3 Å². The first-order chi connectivity index (χ1) is 8.66. The van der Waals surface area contributed by atoms with Gasteiger partial charge < -0.3 is 9.88 Å². The largest absolute Gasteiger partial charge is 0.358 e. The Morgan fingerprint density at radius 2 is 1.94 bits per heavy atom. The molecule has 0 aliphatic carbocycles. The summed E-state index contributed by atoms with van der Waals surface area (Å²) in [4.78, 5) is 17.8. The van der Waals surface area contributed by atoms with E-state index in [1.807, 2.05) is 11.8 Å². The molecule has 1 aromatic carbocycles. The van der Waals surface area contributed by atoms with Gasteiger partial charge in [0.25, 0.3) is 5.91 Å². The lowest BCUT2D eigenvalue weighted by atomic mass is 10.1. The second-order valence-corrected chi connectivity index (χ2v) is 5.17. The van der Waals surface area contributed by atoms with Crippen molar-refractivity contribution < 1.29 is 4.79 Å².